The predicted molar refractivity (Wildman–Crippen MR) is 115 cm³/mol. The Labute approximate surface area is 196 Å². The summed E-state index contributed by atoms with van der Waals surface area (Å²) in [4.78, 5) is 25.0. The van der Waals surface area contributed by atoms with Gasteiger partial charge in [0.05, 0.1) is 19.8 Å². The van der Waals surface area contributed by atoms with E-state index in [-0.39, 0.29) is 19.8 Å². The Morgan fingerprint density at radius 1 is 0.824 bits per heavy atom. The number of hydrogen-bond donors (Lipinski definition) is 1. The van der Waals surface area contributed by atoms with Crippen LogP contribution in [0.15, 0.2) is 60.7 Å². The molecule has 0 radical (unpaired) electrons. The first-order valence-electron chi connectivity index (χ1n) is 10.9. The standard InChI is InChI=1S/C24H26O10/c25-19(14-30-16-7-3-1-4-8-16)33-22-21-18(13-28-11-12-29-21)32-24(27)23(22)34-20(26)15-31-17-9-5-2-6-10-17/h1-10,18,21-24,27H,11-15H2/t18-,21-,22+,23-,24?/m1/s1. The highest BCUT2D eigenvalue weighted by Crippen LogP contribution is 2.29. The summed E-state index contributed by atoms with van der Waals surface area (Å²) in [6.07, 6.45) is -5.60. The van der Waals surface area contributed by atoms with Crippen molar-refractivity contribution < 1.29 is 47.9 Å². The van der Waals surface area contributed by atoms with Gasteiger partial charge in [0.25, 0.3) is 0 Å². The van der Waals surface area contributed by atoms with E-state index in [1.54, 1.807) is 48.5 Å². The van der Waals surface area contributed by atoms with Gasteiger partial charge in [-0.1, -0.05) is 36.4 Å². The van der Waals surface area contributed by atoms with Gasteiger partial charge in [0.15, 0.2) is 31.7 Å². The molecule has 10 nitrogen and oxygen atoms in total. The first-order valence-corrected chi connectivity index (χ1v) is 10.9. The van der Waals surface area contributed by atoms with Gasteiger partial charge in [0.2, 0.25) is 0 Å². The fraction of sp³-hybridized carbons (Fsp3) is 0.417. The predicted octanol–water partition coefficient (Wildman–Crippen LogP) is 1.10. The topological polar surface area (TPSA) is 119 Å². The molecule has 4 rings (SSSR count). The fourth-order valence-corrected chi connectivity index (χ4v) is 3.62. The molecule has 1 unspecified atom stereocenters. The van der Waals surface area contributed by atoms with Crippen LogP contribution in [-0.4, -0.2) is 80.8 Å². The van der Waals surface area contributed by atoms with Crippen molar-refractivity contribution in [2.24, 2.45) is 0 Å². The van der Waals surface area contributed by atoms with Crippen molar-refractivity contribution in [3.63, 3.8) is 0 Å². The van der Waals surface area contributed by atoms with Crippen LogP contribution in [0.2, 0.25) is 0 Å². The summed E-state index contributed by atoms with van der Waals surface area (Å²) in [7, 11) is 0. The molecule has 0 aliphatic carbocycles. The van der Waals surface area contributed by atoms with Crippen LogP contribution in [0.5, 0.6) is 11.5 Å². The number of carbonyl (C=O) groups excluding carboxylic acids is 2. The molecule has 2 aliphatic rings. The summed E-state index contributed by atoms with van der Waals surface area (Å²) in [5, 5.41) is 10.6. The number of rotatable bonds is 8. The maximum absolute atomic E-state index is 12.6. The summed E-state index contributed by atoms with van der Waals surface area (Å²) in [5.41, 5.74) is 0. The van der Waals surface area contributed by atoms with E-state index in [4.69, 9.17) is 33.2 Å². The lowest BCUT2D eigenvalue weighted by Crippen LogP contribution is -2.62. The molecule has 2 aromatic carbocycles. The minimum absolute atomic E-state index is 0.119. The summed E-state index contributed by atoms with van der Waals surface area (Å²) >= 11 is 0. The smallest absolute Gasteiger partial charge is 0.344 e. The Morgan fingerprint density at radius 2 is 1.38 bits per heavy atom. The van der Waals surface area contributed by atoms with Crippen LogP contribution in [0.3, 0.4) is 0 Å². The molecule has 0 saturated carbocycles. The molecule has 2 fully saturated rings. The number of aliphatic hydroxyl groups is 1. The highest BCUT2D eigenvalue weighted by Gasteiger charge is 2.51. The Balaban J connectivity index is 1.42. The second kappa shape index (κ2) is 11.8. The van der Waals surface area contributed by atoms with Gasteiger partial charge in [-0.15, -0.1) is 0 Å². The lowest BCUT2D eigenvalue weighted by atomic mass is 9.98. The third kappa shape index (κ3) is 6.45. The molecule has 2 aromatic rings. The maximum atomic E-state index is 12.6. The molecule has 0 aromatic heterocycles. The Hall–Kier alpha value is -3.18. The molecule has 1 N–H and O–H groups in total. The third-order valence-electron chi connectivity index (χ3n) is 5.16. The molecule has 34 heavy (non-hydrogen) atoms. The van der Waals surface area contributed by atoms with Gasteiger partial charge in [-0.05, 0) is 24.3 Å². The van der Waals surface area contributed by atoms with Crippen LogP contribution in [0.1, 0.15) is 0 Å². The van der Waals surface area contributed by atoms with Crippen LogP contribution < -0.4 is 9.47 Å². The van der Waals surface area contributed by atoms with Crippen molar-refractivity contribution in [3.8, 4) is 11.5 Å². The number of para-hydroxylation sites is 2. The van der Waals surface area contributed by atoms with E-state index in [1.165, 1.54) is 0 Å². The third-order valence-corrected chi connectivity index (χ3v) is 5.16. The molecular weight excluding hydrogens is 448 g/mol. The van der Waals surface area contributed by atoms with Crippen LogP contribution in [-0.2, 0) is 33.3 Å². The monoisotopic (exact) mass is 474 g/mol. The number of hydrogen-bond acceptors (Lipinski definition) is 10. The Bertz CT molecular complexity index is 922. The van der Waals surface area contributed by atoms with Crippen molar-refractivity contribution in [1.82, 2.24) is 0 Å². The number of carbonyl (C=O) groups is 2. The quantitative estimate of drug-likeness (QED) is 0.557. The van der Waals surface area contributed by atoms with Gasteiger partial charge in [-0.2, -0.15) is 0 Å². The average molecular weight is 474 g/mol. The largest absolute Gasteiger partial charge is 0.482 e. The SMILES string of the molecule is O=C(COc1ccccc1)O[C@H]1[C@@H]2OCCOC[C@H]2OC(O)[C@@H]1OC(=O)COc1ccccc1. The Kier molecular flexibility index (Phi) is 8.31. The number of aliphatic hydroxyl groups excluding tert-OH is 1. The van der Waals surface area contributed by atoms with Gasteiger partial charge in [-0.25, -0.2) is 9.59 Å². The lowest BCUT2D eigenvalue weighted by Gasteiger charge is -2.42. The molecule has 2 aliphatic heterocycles. The molecule has 0 amide bonds. The highest BCUT2D eigenvalue weighted by molar-refractivity contribution is 5.72. The number of ether oxygens (including phenoxy) is 7. The van der Waals surface area contributed by atoms with E-state index >= 15 is 0 Å². The minimum Gasteiger partial charge on any atom is -0.482 e. The average Bonchev–Trinajstić information content (AvgIpc) is 3.10. The van der Waals surface area contributed by atoms with Gasteiger partial charge in [-0.3, -0.25) is 0 Å². The molecule has 2 heterocycles. The second-order valence-corrected chi connectivity index (χ2v) is 7.59. The van der Waals surface area contributed by atoms with Crippen LogP contribution >= 0.6 is 0 Å². The van der Waals surface area contributed by atoms with Gasteiger partial charge >= 0.3 is 11.9 Å². The maximum Gasteiger partial charge on any atom is 0.344 e. The van der Waals surface area contributed by atoms with Crippen molar-refractivity contribution in [2.75, 3.05) is 33.0 Å². The molecule has 5 atom stereocenters. The normalized spacial score (nSPS) is 26.4. The van der Waals surface area contributed by atoms with Gasteiger partial charge < -0.3 is 38.3 Å². The first kappa shape index (κ1) is 24.0. The summed E-state index contributed by atoms with van der Waals surface area (Å²) in [5.74, 6) is -0.534. The zero-order chi connectivity index (χ0) is 23.8. The van der Waals surface area contributed by atoms with Gasteiger partial charge in [0.1, 0.15) is 23.7 Å². The van der Waals surface area contributed by atoms with E-state index in [0.717, 1.165) is 0 Å². The van der Waals surface area contributed by atoms with E-state index in [2.05, 4.69) is 0 Å². The summed E-state index contributed by atoms with van der Waals surface area (Å²) < 4.78 is 38.6. The first-order chi connectivity index (χ1) is 16.6. The second-order valence-electron chi connectivity index (χ2n) is 7.59. The van der Waals surface area contributed by atoms with Crippen molar-refractivity contribution >= 4 is 11.9 Å². The number of benzene rings is 2. The molecule has 0 bridgehead atoms. The fourth-order valence-electron chi connectivity index (χ4n) is 3.62. The highest BCUT2D eigenvalue weighted by atomic mass is 16.7. The lowest BCUT2D eigenvalue weighted by molar-refractivity contribution is -0.295. The minimum atomic E-state index is -1.57. The van der Waals surface area contributed by atoms with E-state index in [1.807, 2.05) is 12.1 Å². The van der Waals surface area contributed by atoms with Crippen LogP contribution in [0.25, 0.3) is 0 Å². The van der Waals surface area contributed by atoms with E-state index < -0.39 is 49.3 Å². The van der Waals surface area contributed by atoms with Crippen molar-refractivity contribution in [2.45, 2.75) is 30.7 Å². The Morgan fingerprint density at radius 3 is 1.97 bits per heavy atom. The van der Waals surface area contributed by atoms with Gasteiger partial charge in [0, 0.05) is 0 Å². The zero-order valence-electron chi connectivity index (χ0n) is 18.3. The summed E-state index contributed by atoms with van der Waals surface area (Å²) in [6, 6.07) is 17.5. The molecule has 182 valence electrons. The molecule has 2 saturated heterocycles. The van der Waals surface area contributed by atoms with Crippen LogP contribution in [0, 0.1) is 0 Å². The molecule has 10 heteroatoms. The van der Waals surface area contributed by atoms with E-state index in [9.17, 15) is 14.7 Å². The number of esters is 2. The van der Waals surface area contributed by atoms with Crippen LogP contribution in [0.4, 0.5) is 0 Å². The number of fused-ring (bicyclic) bond motifs is 1. The summed E-state index contributed by atoms with van der Waals surface area (Å²) in [6.45, 7) is -0.160. The van der Waals surface area contributed by atoms with E-state index in [0.29, 0.717) is 18.1 Å². The molecular formula is C24H26O10. The van der Waals surface area contributed by atoms with Crippen molar-refractivity contribution in [3.05, 3.63) is 60.7 Å². The molecule has 0 spiro atoms. The van der Waals surface area contributed by atoms with Crippen molar-refractivity contribution in [1.29, 1.82) is 0 Å². The zero-order valence-corrected chi connectivity index (χ0v) is 18.3.